The molecule has 0 saturated carbocycles. The molecule has 0 aliphatic carbocycles. The molecule has 162 valence electrons. The van der Waals surface area contributed by atoms with Crippen LogP contribution in [0.15, 0.2) is 115 Å². The van der Waals surface area contributed by atoms with Gasteiger partial charge in [-0.15, -0.1) is 0 Å². The van der Waals surface area contributed by atoms with E-state index in [2.05, 4.69) is 0 Å². The lowest BCUT2D eigenvalue weighted by molar-refractivity contribution is -0.137. The molecule has 0 aliphatic rings. The van der Waals surface area contributed by atoms with E-state index < -0.39 is 11.7 Å². The van der Waals surface area contributed by atoms with Gasteiger partial charge in [-0.1, -0.05) is 91.0 Å². The van der Waals surface area contributed by atoms with Crippen molar-refractivity contribution in [2.45, 2.75) is 6.18 Å². The number of rotatable bonds is 4. The molecule has 0 amide bonds. The van der Waals surface area contributed by atoms with Crippen LogP contribution < -0.4 is 0 Å². The van der Waals surface area contributed by atoms with Crippen molar-refractivity contribution in [2.75, 3.05) is 0 Å². The lowest BCUT2D eigenvalue weighted by atomic mass is 9.96. The average molecular weight is 440 g/mol. The van der Waals surface area contributed by atoms with E-state index in [9.17, 15) is 13.2 Å². The number of aromatic nitrogens is 2. The van der Waals surface area contributed by atoms with Gasteiger partial charge in [-0.3, -0.25) is 0 Å². The number of hydrogen-bond acceptors (Lipinski definition) is 1. The summed E-state index contributed by atoms with van der Waals surface area (Å²) in [5.74, 6) is 0. The van der Waals surface area contributed by atoms with Crippen molar-refractivity contribution in [3.63, 3.8) is 0 Å². The Morgan fingerprint density at radius 3 is 1.55 bits per heavy atom. The maximum absolute atomic E-state index is 13.2. The second kappa shape index (κ2) is 8.43. The summed E-state index contributed by atoms with van der Waals surface area (Å²) < 4.78 is 41.2. The third-order valence-corrected chi connectivity index (χ3v) is 5.48. The Balaban J connectivity index is 1.82. The molecule has 0 radical (unpaired) electrons. The van der Waals surface area contributed by atoms with Gasteiger partial charge in [-0.2, -0.15) is 18.3 Å². The molecule has 33 heavy (non-hydrogen) atoms. The highest BCUT2D eigenvalue weighted by Gasteiger charge is 2.30. The van der Waals surface area contributed by atoms with E-state index in [1.54, 1.807) is 4.68 Å². The molecular formula is C28H19F3N2. The molecule has 0 aliphatic heterocycles. The summed E-state index contributed by atoms with van der Waals surface area (Å²) in [6, 6.07) is 34.6. The summed E-state index contributed by atoms with van der Waals surface area (Å²) >= 11 is 0. The Labute approximate surface area is 189 Å². The van der Waals surface area contributed by atoms with Crippen LogP contribution in [0.2, 0.25) is 0 Å². The van der Waals surface area contributed by atoms with Crippen LogP contribution in [0.1, 0.15) is 5.56 Å². The number of alkyl halides is 3. The minimum Gasteiger partial charge on any atom is -0.232 e. The molecule has 1 heterocycles. The van der Waals surface area contributed by atoms with Crippen molar-refractivity contribution in [3.8, 4) is 39.3 Å². The van der Waals surface area contributed by atoms with Crippen LogP contribution in [0.4, 0.5) is 13.2 Å². The fourth-order valence-corrected chi connectivity index (χ4v) is 3.94. The Hall–Kier alpha value is -4.12. The topological polar surface area (TPSA) is 17.8 Å². The molecule has 0 unspecified atom stereocenters. The molecule has 0 fully saturated rings. The van der Waals surface area contributed by atoms with Crippen molar-refractivity contribution in [1.29, 1.82) is 0 Å². The minimum absolute atomic E-state index is 0.557. The van der Waals surface area contributed by atoms with Gasteiger partial charge in [0.25, 0.3) is 0 Å². The van der Waals surface area contributed by atoms with Crippen LogP contribution in [-0.2, 0) is 6.18 Å². The number of halogens is 3. The zero-order valence-corrected chi connectivity index (χ0v) is 17.5. The van der Waals surface area contributed by atoms with Gasteiger partial charge in [0.05, 0.1) is 16.9 Å². The molecule has 0 saturated heterocycles. The van der Waals surface area contributed by atoms with Crippen LogP contribution in [-0.4, -0.2) is 9.78 Å². The van der Waals surface area contributed by atoms with E-state index >= 15 is 0 Å². The highest BCUT2D eigenvalue weighted by Crippen LogP contribution is 2.41. The van der Waals surface area contributed by atoms with Crippen molar-refractivity contribution < 1.29 is 13.2 Å². The third-order valence-electron chi connectivity index (χ3n) is 5.48. The molecule has 0 bridgehead atoms. The average Bonchev–Trinajstić information content (AvgIpc) is 3.26. The number of nitrogens with zero attached hydrogens (tertiary/aromatic N) is 2. The minimum atomic E-state index is -4.39. The van der Waals surface area contributed by atoms with E-state index in [-0.39, 0.29) is 0 Å². The first-order valence-corrected chi connectivity index (χ1v) is 10.5. The lowest BCUT2D eigenvalue weighted by Gasteiger charge is -2.12. The fraction of sp³-hybridized carbons (Fsp3) is 0.0357. The second-order valence-electron chi connectivity index (χ2n) is 7.63. The molecule has 2 nitrogen and oxygen atoms in total. The molecular weight excluding hydrogens is 421 g/mol. The first-order valence-electron chi connectivity index (χ1n) is 10.5. The molecule has 5 aromatic rings. The highest BCUT2D eigenvalue weighted by atomic mass is 19.4. The van der Waals surface area contributed by atoms with Gasteiger partial charge in [-0.05, 0) is 29.8 Å². The van der Waals surface area contributed by atoms with Crippen LogP contribution in [0.5, 0.6) is 0 Å². The maximum atomic E-state index is 13.2. The quantitative estimate of drug-likeness (QED) is 0.278. The van der Waals surface area contributed by atoms with E-state index in [0.717, 1.165) is 45.8 Å². The summed E-state index contributed by atoms with van der Waals surface area (Å²) in [5, 5.41) is 4.93. The predicted octanol–water partition coefficient (Wildman–Crippen LogP) is 7.89. The van der Waals surface area contributed by atoms with Gasteiger partial charge in [0.15, 0.2) is 0 Å². The van der Waals surface area contributed by atoms with Crippen molar-refractivity contribution >= 4 is 0 Å². The highest BCUT2D eigenvalue weighted by molar-refractivity contribution is 5.92. The van der Waals surface area contributed by atoms with Gasteiger partial charge in [0.2, 0.25) is 0 Å². The zero-order chi connectivity index (χ0) is 22.8. The Morgan fingerprint density at radius 2 is 1.03 bits per heavy atom. The zero-order valence-electron chi connectivity index (χ0n) is 17.5. The largest absolute Gasteiger partial charge is 0.416 e. The molecule has 0 N–H and O–H groups in total. The van der Waals surface area contributed by atoms with Crippen LogP contribution in [0.3, 0.4) is 0 Å². The molecule has 0 atom stereocenters. The van der Waals surface area contributed by atoms with Crippen molar-refractivity contribution in [1.82, 2.24) is 9.78 Å². The Morgan fingerprint density at radius 1 is 0.545 bits per heavy atom. The summed E-state index contributed by atoms with van der Waals surface area (Å²) in [4.78, 5) is 0. The molecule has 4 aromatic carbocycles. The van der Waals surface area contributed by atoms with E-state index in [1.165, 1.54) is 12.1 Å². The summed E-state index contributed by atoms with van der Waals surface area (Å²) in [5.41, 5.74) is 5.21. The number of benzene rings is 4. The molecule has 5 heteroatoms. The van der Waals surface area contributed by atoms with Crippen molar-refractivity contribution in [2.24, 2.45) is 0 Å². The van der Waals surface area contributed by atoms with E-state index in [4.69, 9.17) is 5.10 Å². The third kappa shape index (κ3) is 4.05. The van der Waals surface area contributed by atoms with Gasteiger partial charge >= 0.3 is 6.18 Å². The van der Waals surface area contributed by atoms with E-state index in [0.29, 0.717) is 5.69 Å². The summed E-state index contributed by atoms with van der Waals surface area (Å²) in [6.07, 6.45) is -4.39. The maximum Gasteiger partial charge on any atom is 0.416 e. The van der Waals surface area contributed by atoms with Crippen molar-refractivity contribution in [3.05, 3.63) is 121 Å². The monoisotopic (exact) mass is 440 g/mol. The first-order chi connectivity index (χ1) is 16.0. The van der Waals surface area contributed by atoms with Crippen LogP contribution >= 0.6 is 0 Å². The normalized spacial score (nSPS) is 11.5. The standard InChI is InChI=1S/C28H19F3N2/c29-28(30,31)23-16-18-24(19-17-23)33-27(22-14-8-3-9-15-22)25(20-10-4-1-5-11-20)26(32-33)21-12-6-2-7-13-21/h1-19H. The summed E-state index contributed by atoms with van der Waals surface area (Å²) in [7, 11) is 0. The van der Waals surface area contributed by atoms with Crippen LogP contribution in [0.25, 0.3) is 39.3 Å². The second-order valence-corrected chi connectivity index (χ2v) is 7.63. The Kier molecular flexibility index (Phi) is 5.31. The van der Waals surface area contributed by atoms with Gasteiger partial charge in [0.1, 0.15) is 5.69 Å². The smallest absolute Gasteiger partial charge is 0.232 e. The SMILES string of the molecule is FC(F)(F)c1ccc(-n2nc(-c3ccccc3)c(-c3ccccc3)c2-c2ccccc2)cc1. The molecule has 0 spiro atoms. The summed E-state index contributed by atoms with van der Waals surface area (Å²) in [6.45, 7) is 0. The lowest BCUT2D eigenvalue weighted by Crippen LogP contribution is -2.06. The predicted molar refractivity (Wildman–Crippen MR) is 125 cm³/mol. The Bertz CT molecular complexity index is 1360. The molecule has 5 rings (SSSR count). The van der Waals surface area contributed by atoms with E-state index in [1.807, 2.05) is 91.0 Å². The number of hydrogen-bond donors (Lipinski definition) is 0. The molecule has 1 aromatic heterocycles. The van der Waals surface area contributed by atoms with Gasteiger partial charge in [-0.25, -0.2) is 4.68 Å². The first kappa shape index (κ1) is 20.8. The van der Waals surface area contributed by atoms with Crippen LogP contribution in [0, 0.1) is 0 Å². The van der Waals surface area contributed by atoms with Gasteiger partial charge in [0, 0.05) is 16.7 Å². The van der Waals surface area contributed by atoms with Gasteiger partial charge < -0.3 is 0 Å². The fourth-order valence-electron chi connectivity index (χ4n) is 3.94.